The predicted octanol–water partition coefficient (Wildman–Crippen LogP) is 2.19. The van der Waals surface area contributed by atoms with Crippen LogP contribution < -0.4 is 5.56 Å². The highest BCUT2D eigenvalue weighted by atomic mass is 32.2. The highest BCUT2D eigenvalue weighted by Gasteiger charge is 2.30. The van der Waals surface area contributed by atoms with Crippen LogP contribution in [-0.4, -0.2) is 29.2 Å². The average molecular weight is 410 g/mol. The Bertz CT molecular complexity index is 1280. The van der Waals surface area contributed by atoms with Gasteiger partial charge in [0.25, 0.3) is 5.56 Å². The number of nitrogens with one attached hydrogen (secondary N) is 1. The molecule has 0 saturated heterocycles. The van der Waals surface area contributed by atoms with Crippen LogP contribution in [0, 0.1) is 17.1 Å². The van der Waals surface area contributed by atoms with Gasteiger partial charge >= 0.3 is 0 Å². The molecule has 1 aliphatic heterocycles. The zero-order valence-corrected chi connectivity index (χ0v) is 15.9. The van der Waals surface area contributed by atoms with Crippen molar-refractivity contribution in [3.05, 3.63) is 81.5 Å². The highest BCUT2D eigenvalue weighted by Crippen LogP contribution is 2.24. The van der Waals surface area contributed by atoms with Crippen LogP contribution in [0.2, 0.25) is 0 Å². The van der Waals surface area contributed by atoms with Crippen LogP contribution in [-0.2, 0) is 23.0 Å². The van der Waals surface area contributed by atoms with Crippen molar-refractivity contribution in [2.75, 3.05) is 6.54 Å². The van der Waals surface area contributed by atoms with Crippen LogP contribution in [0.1, 0.15) is 16.8 Å². The van der Waals surface area contributed by atoms with E-state index in [1.54, 1.807) is 0 Å². The molecule has 29 heavy (non-hydrogen) atoms. The van der Waals surface area contributed by atoms with Crippen molar-refractivity contribution in [1.29, 1.82) is 5.26 Å². The minimum absolute atomic E-state index is 0.0459. The third-order valence-electron chi connectivity index (χ3n) is 4.78. The van der Waals surface area contributed by atoms with Crippen molar-refractivity contribution in [3.63, 3.8) is 0 Å². The molecule has 0 spiro atoms. The van der Waals surface area contributed by atoms with Gasteiger partial charge in [-0.2, -0.15) is 9.57 Å². The van der Waals surface area contributed by atoms with E-state index in [4.69, 9.17) is 5.26 Å². The number of benzene rings is 2. The third kappa shape index (κ3) is 3.55. The van der Waals surface area contributed by atoms with Crippen LogP contribution in [0.3, 0.4) is 0 Å². The second kappa shape index (κ2) is 7.24. The van der Waals surface area contributed by atoms with Gasteiger partial charge in [0.2, 0.25) is 10.0 Å². The van der Waals surface area contributed by atoms with Crippen molar-refractivity contribution >= 4 is 10.0 Å². The fraction of sp³-hybridized carbons (Fsp3) is 0.150. The number of hydrogen-bond donors (Lipinski definition) is 1. The summed E-state index contributed by atoms with van der Waals surface area (Å²) in [5.41, 5.74) is 1.38. The Morgan fingerprint density at radius 2 is 1.79 bits per heavy atom. The molecular formula is C20H15FN4O3S. The summed E-state index contributed by atoms with van der Waals surface area (Å²) in [4.78, 5) is 19.6. The van der Waals surface area contributed by atoms with E-state index in [0.29, 0.717) is 22.4 Å². The first-order valence-electron chi connectivity index (χ1n) is 8.77. The molecule has 1 aromatic heterocycles. The Balaban J connectivity index is 1.69. The van der Waals surface area contributed by atoms with Crippen molar-refractivity contribution in [2.24, 2.45) is 0 Å². The van der Waals surface area contributed by atoms with Gasteiger partial charge < -0.3 is 4.98 Å². The van der Waals surface area contributed by atoms with E-state index in [2.05, 4.69) is 9.97 Å². The lowest BCUT2D eigenvalue weighted by atomic mass is 10.1. The molecule has 0 bridgehead atoms. The largest absolute Gasteiger partial charge is 0.306 e. The molecule has 0 atom stereocenters. The minimum atomic E-state index is -3.80. The second-order valence-electron chi connectivity index (χ2n) is 6.57. The van der Waals surface area contributed by atoms with Crippen LogP contribution in [0.5, 0.6) is 0 Å². The predicted molar refractivity (Wildman–Crippen MR) is 103 cm³/mol. The van der Waals surface area contributed by atoms with Crippen LogP contribution >= 0.6 is 0 Å². The molecule has 0 unspecified atom stereocenters. The Labute approximate surface area is 166 Å². The monoisotopic (exact) mass is 410 g/mol. The zero-order chi connectivity index (χ0) is 20.6. The van der Waals surface area contributed by atoms with Gasteiger partial charge in [-0.05, 0) is 55.0 Å². The lowest BCUT2D eigenvalue weighted by Gasteiger charge is -2.27. The van der Waals surface area contributed by atoms with Crippen molar-refractivity contribution < 1.29 is 12.8 Å². The maximum atomic E-state index is 13.2. The number of hydrogen-bond acceptors (Lipinski definition) is 5. The fourth-order valence-corrected chi connectivity index (χ4v) is 4.62. The normalized spacial score (nSPS) is 14.2. The van der Waals surface area contributed by atoms with Gasteiger partial charge in [0.1, 0.15) is 11.6 Å². The molecule has 0 amide bonds. The van der Waals surface area contributed by atoms with E-state index >= 15 is 0 Å². The molecule has 146 valence electrons. The van der Waals surface area contributed by atoms with Gasteiger partial charge in [0, 0.05) is 17.7 Å². The van der Waals surface area contributed by atoms with E-state index in [1.165, 1.54) is 52.8 Å². The molecule has 0 saturated carbocycles. The molecule has 7 nitrogen and oxygen atoms in total. The van der Waals surface area contributed by atoms with Crippen LogP contribution in [0.4, 0.5) is 4.39 Å². The summed E-state index contributed by atoms with van der Waals surface area (Å²) in [6.07, 6.45) is 0.233. The molecule has 2 heterocycles. The summed E-state index contributed by atoms with van der Waals surface area (Å²) in [5.74, 6) is -0.153. The van der Waals surface area contributed by atoms with Crippen molar-refractivity contribution in [3.8, 4) is 17.5 Å². The molecular weight excluding hydrogens is 395 g/mol. The van der Waals surface area contributed by atoms with E-state index in [0.717, 1.165) is 0 Å². The Morgan fingerprint density at radius 1 is 1.10 bits per heavy atom. The van der Waals surface area contributed by atoms with Gasteiger partial charge in [-0.1, -0.05) is 0 Å². The summed E-state index contributed by atoms with van der Waals surface area (Å²) >= 11 is 0. The first-order valence-corrected chi connectivity index (χ1v) is 10.2. The zero-order valence-electron chi connectivity index (χ0n) is 15.1. The van der Waals surface area contributed by atoms with Gasteiger partial charge in [0.15, 0.2) is 0 Å². The summed E-state index contributed by atoms with van der Waals surface area (Å²) in [7, 11) is -3.80. The molecule has 1 N–H and O–H groups in total. The van der Waals surface area contributed by atoms with E-state index in [9.17, 15) is 17.6 Å². The minimum Gasteiger partial charge on any atom is -0.306 e. The van der Waals surface area contributed by atoms with Gasteiger partial charge in [-0.15, -0.1) is 0 Å². The molecule has 9 heteroatoms. The third-order valence-corrected chi connectivity index (χ3v) is 6.64. The standard InChI is InChI=1S/C20H15FN4O3S/c21-15-5-3-14(4-6-15)19-23-18-12-25(10-9-17(18)20(26)24-19)29(27,28)16-7-1-13(11-22)2-8-16/h1-8H,9-10,12H2,(H,23,24,26). The van der Waals surface area contributed by atoms with E-state index < -0.39 is 15.8 Å². The summed E-state index contributed by atoms with van der Waals surface area (Å²) < 4.78 is 40.3. The van der Waals surface area contributed by atoms with Crippen molar-refractivity contribution in [2.45, 2.75) is 17.9 Å². The molecule has 1 aliphatic rings. The first kappa shape index (κ1) is 19.0. The number of aromatic nitrogens is 2. The first-order chi connectivity index (χ1) is 13.9. The molecule has 0 fully saturated rings. The van der Waals surface area contributed by atoms with E-state index in [1.807, 2.05) is 6.07 Å². The van der Waals surface area contributed by atoms with Gasteiger partial charge in [-0.3, -0.25) is 4.79 Å². The summed E-state index contributed by atoms with van der Waals surface area (Å²) in [6, 6.07) is 13.1. The summed E-state index contributed by atoms with van der Waals surface area (Å²) in [5, 5.41) is 8.88. The average Bonchev–Trinajstić information content (AvgIpc) is 2.74. The Morgan fingerprint density at radius 3 is 2.45 bits per heavy atom. The number of rotatable bonds is 3. The quantitative estimate of drug-likeness (QED) is 0.712. The Hall–Kier alpha value is -3.35. The molecule has 2 aromatic carbocycles. The molecule has 0 radical (unpaired) electrons. The lowest BCUT2D eigenvalue weighted by Crippen LogP contribution is -2.39. The number of sulfonamides is 1. The van der Waals surface area contributed by atoms with E-state index in [-0.39, 0.29) is 35.8 Å². The smallest absolute Gasteiger partial charge is 0.254 e. The fourth-order valence-electron chi connectivity index (χ4n) is 3.22. The highest BCUT2D eigenvalue weighted by molar-refractivity contribution is 7.89. The number of halogens is 1. The van der Waals surface area contributed by atoms with Crippen molar-refractivity contribution in [1.82, 2.24) is 14.3 Å². The SMILES string of the molecule is N#Cc1ccc(S(=O)(=O)N2CCc3c(nc(-c4ccc(F)cc4)[nH]c3=O)C2)cc1. The maximum absolute atomic E-state index is 13.2. The number of nitriles is 1. The number of H-pyrrole nitrogens is 1. The summed E-state index contributed by atoms with van der Waals surface area (Å²) in [6.45, 7) is 0.103. The Kier molecular flexibility index (Phi) is 4.74. The molecule has 3 aromatic rings. The maximum Gasteiger partial charge on any atom is 0.254 e. The van der Waals surface area contributed by atoms with Gasteiger partial charge in [0.05, 0.1) is 28.8 Å². The number of aromatic amines is 1. The topological polar surface area (TPSA) is 107 Å². The van der Waals surface area contributed by atoms with Gasteiger partial charge in [-0.25, -0.2) is 17.8 Å². The number of nitrogens with zero attached hydrogens (tertiary/aromatic N) is 3. The van der Waals surface area contributed by atoms with Crippen LogP contribution in [0.15, 0.2) is 58.2 Å². The molecule has 0 aliphatic carbocycles. The second-order valence-corrected chi connectivity index (χ2v) is 8.51. The van der Waals surface area contributed by atoms with Crippen LogP contribution in [0.25, 0.3) is 11.4 Å². The number of fused-ring (bicyclic) bond motifs is 1. The lowest BCUT2D eigenvalue weighted by molar-refractivity contribution is 0.383. The molecule has 4 rings (SSSR count).